The summed E-state index contributed by atoms with van der Waals surface area (Å²) < 4.78 is 0. The van der Waals surface area contributed by atoms with Crippen molar-refractivity contribution < 1.29 is 32.0 Å². The van der Waals surface area contributed by atoms with E-state index >= 15 is 0 Å². The zero-order valence-electron chi connectivity index (χ0n) is 6.51. The number of nitrogens with zero attached hydrogens (tertiary/aromatic N) is 2. The topological polar surface area (TPSA) is 107 Å². The van der Waals surface area contributed by atoms with Gasteiger partial charge in [-0.3, -0.25) is 20.2 Å². The van der Waals surface area contributed by atoms with Gasteiger partial charge in [0.05, 0.1) is 15.9 Å². The third kappa shape index (κ3) is 2.41. The summed E-state index contributed by atoms with van der Waals surface area (Å²) in [5.41, 5.74) is -1.10. The second kappa shape index (κ2) is 4.54. The molecule has 0 heterocycles. The van der Waals surface area contributed by atoms with Gasteiger partial charge in [-0.05, 0) is 6.07 Å². The Morgan fingerprint density at radius 3 is 2.14 bits per heavy atom. The normalized spacial score (nSPS) is 8.86. The molecule has 0 spiro atoms. The monoisotopic (exact) mass is 247 g/mol. The largest absolute Gasteiger partial charge is 0.502 e. The minimum absolute atomic E-state index is 0. The molecule has 8 heteroatoms. The number of rotatable bonds is 2. The van der Waals surface area contributed by atoms with E-state index < -0.39 is 27.0 Å². The van der Waals surface area contributed by atoms with Crippen LogP contribution in [0.25, 0.3) is 0 Å². The van der Waals surface area contributed by atoms with Crippen LogP contribution in [-0.4, -0.2) is 15.0 Å². The number of hydrogen-bond acceptors (Lipinski definition) is 5. The molecule has 1 N–H and O–H groups in total. The van der Waals surface area contributed by atoms with Gasteiger partial charge >= 0.3 is 5.69 Å². The second-order valence-corrected chi connectivity index (χ2v) is 2.19. The van der Waals surface area contributed by atoms with Gasteiger partial charge in [-0.25, -0.2) is 0 Å². The standard InChI is InChI=1S/C6H4N2O5.Cu/c9-6-2-1-4(7(10)11)3-5(6)8(12)13;/h1-3,9H;. The first kappa shape index (κ1) is 12.3. The van der Waals surface area contributed by atoms with Gasteiger partial charge in [-0.1, -0.05) is 0 Å². The zero-order chi connectivity index (χ0) is 10.0. The molecular formula is C6H4CuN2O5. The van der Waals surface area contributed by atoms with E-state index in [0.29, 0.717) is 6.07 Å². The van der Waals surface area contributed by atoms with Gasteiger partial charge in [0, 0.05) is 23.1 Å². The van der Waals surface area contributed by atoms with E-state index in [4.69, 9.17) is 5.11 Å². The molecule has 14 heavy (non-hydrogen) atoms. The summed E-state index contributed by atoms with van der Waals surface area (Å²) >= 11 is 0. The van der Waals surface area contributed by atoms with Gasteiger partial charge < -0.3 is 5.11 Å². The molecule has 0 saturated heterocycles. The van der Waals surface area contributed by atoms with Crippen LogP contribution in [0, 0.1) is 20.2 Å². The van der Waals surface area contributed by atoms with Crippen molar-refractivity contribution in [3.8, 4) is 5.75 Å². The molecule has 0 bridgehead atoms. The fraction of sp³-hybridized carbons (Fsp3) is 0. The molecule has 0 aliphatic heterocycles. The van der Waals surface area contributed by atoms with Crippen molar-refractivity contribution in [2.24, 2.45) is 0 Å². The van der Waals surface area contributed by atoms with Gasteiger partial charge in [0.25, 0.3) is 5.69 Å². The van der Waals surface area contributed by atoms with Crippen molar-refractivity contribution in [2.75, 3.05) is 0 Å². The average molecular weight is 248 g/mol. The molecule has 0 unspecified atom stereocenters. The number of benzene rings is 1. The number of non-ortho nitro benzene ring substituents is 1. The Balaban J connectivity index is 0.00000169. The summed E-state index contributed by atoms with van der Waals surface area (Å²) in [5.74, 6) is -0.587. The number of phenolic OH excluding ortho intramolecular Hbond substituents is 1. The molecule has 0 aliphatic rings. The first-order valence-corrected chi connectivity index (χ1v) is 3.14. The van der Waals surface area contributed by atoms with Crippen LogP contribution in [0.15, 0.2) is 18.2 Å². The Morgan fingerprint density at radius 1 is 1.14 bits per heavy atom. The van der Waals surface area contributed by atoms with Crippen LogP contribution in [-0.2, 0) is 17.1 Å². The van der Waals surface area contributed by atoms with Crippen LogP contribution in [0.3, 0.4) is 0 Å². The van der Waals surface area contributed by atoms with Crippen molar-refractivity contribution in [3.63, 3.8) is 0 Å². The fourth-order valence-electron chi connectivity index (χ4n) is 0.772. The van der Waals surface area contributed by atoms with E-state index in [-0.39, 0.29) is 17.1 Å². The fourth-order valence-corrected chi connectivity index (χ4v) is 0.772. The first-order chi connectivity index (χ1) is 6.02. The Labute approximate surface area is 88.1 Å². The third-order valence-electron chi connectivity index (χ3n) is 1.37. The summed E-state index contributed by atoms with van der Waals surface area (Å²) in [4.78, 5) is 18.7. The molecule has 0 aromatic heterocycles. The predicted molar refractivity (Wildman–Crippen MR) is 41.4 cm³/mol. The Hall–Kier alpha value is -1.66. The van der Waals surface area contributed by atoms with E-state index in [0.717, 1.165) is 12.1 Å². The predicted octanol–water partition coefficient (Wildman–Crippen LogP) is 1.21. The molecule has 1 radical (unpaired) electrons. The molecule has 79 valence electrons. The van der Waals surface area contributed by atoms with Gasteiger partial charge in [-0.2, -0.15) is 0 Å². The molecule has 0 atom stereocenters. The summed E-state index contributed by atoms with van der Waals surface area (Å²) in [5, 5.41) is 29.3. The molecule has 1 aromatic rings. The van der Waals surface area contributed by atoms with E-state index in [1.165, 1.54) is 0 Å². The van der Waals surface area contributed by atoms with Gasteiger partial charge in [-0.15, -0.1) is 0 Å². The summed E-state index contributed by atoms with van der Waals surface area (Å²) in [7, 11) is 0. The van der Waals surface area contributed by atoms with Crippen LogP contribution in [0.4, 0.5) is 11.4 Å². The Morgan fingerprint density at radius 2 is 1.71 bits per heavy atom. The van der Waals surface area contributed by atoms with Crippen LogP contribution >= 0.6 is 0 Å². The van der Waals surface area contributed by atoms with Crippen LogP contribution < -0.4 is 0 Å². The van der Waals surface area contributed by atoms with Crippen molar-refractivity contribution in [1.82, 2.24) is 0 Å². The molecule has 7 nitrogen and oxygen atoms in total. The minimum atomic E-state index is -0.887. The van der Waals surface area contributed by atoms with E-state index in [9.17, 15) is 20.2 Å². The van der Waals surface area contributed by atoms with E-state index in [1.807, 2.05) is 0 Å². The molecule has 0 fully saturated rings. The number of aromatic hydroxyl groups is 1. The minimum Gasteiger partial charge on any atom is -0.502 e. The molecule has 1 aromatic carbocycles. The van der Waals surface area contributed by atoms with E-state index in [2.05, 4.69) is 0 Å². The number of nitro groups is 2. The summed E-state index contributed by atoms with van der Waals surface area (Å²) in [6.45, 7) is 0. The molecule has 0 aliphatic carbocycles. The maximum absolute atomic E-state index is 10.2. The molecule has 0 saturated carbocycles. The molecular weight excluding hydrogens is 244 g/mol. The molecule has 0 amide bonds. The first-order valence-electron chi connectivity index (χ1n) is 3.14. The number of phenols is 1. The molecule has 1 rings (SSSR count). The van der Waals surface area contributed by atoms with Gasteiger partial charge in [0.15, 0.2) is 5.75 Å². The quantitative estimate of drug-likeness (QED) is 0.480. The second-order valence-electron chi connectivity index (χ2n) is 2.19. The van der Waals surface area contributed by atoms with Gasteiger partial charge in [0.1, 0.15) is 0 Å². The van der Waals surface area contributed by atoms with Crippen LogP contribution in [0.5, 0.6) is 5.75 Å². The van der Waals surface area contributed by atoms with Crippen molar-refractivity contribution in [1.29, 1.82) is 0 Å². The van der Waals surface area contributed by atoms with Crippen LogP contribution in [0.2, 0.25) is 0 Å². The van der Waals surface area contributed by atoms with Crippen molar-refractivity contribution >= 4 is 11.4 Å². The third-order valence-corrected chi connectivity index (χ3v) is 1.37. The van der Waals surface area contributed by atoms with Crippen LogP contribution in [0.1, 0.15) is 0 Å². The average Bonchev–Trinajstić information content (AvgIpc) is 2.04. The number of nitro benzene ring substituents is 2. The maximum Gasteiger partial charge on any atom is 0.317 e. The Kier molecular flexibility index (Phi) is 4.00. The smallest absolute Gasteiger partial charge is 0.317 e. The zero-order valence-corrected chi connectivity index (χ0v) is 7.45. The maximum atomic E-state index is 10.2. The van der Waals surface area contributed by atoms with Gasteiger partial charge in [0.2, 0.25) is 0 Å². The summed E-state index contributed by atoms with van der Waals surface area (Å²) in [6, 6.07) is 2.61. The number of hydrogen-bond donors (Lipinski definition) is 1. The van der Waals surface area contributed by atoms with E-state index in [1.54, 1.807) is 0 Å². The van der Waals surface area contributed by atoms with Crippen molar-refractivity contribution in [3.05, 3.63) is 38.4 Å². The Bertz CT molecular complexity index is 380. The SMILES string of the molecule is O=[N+]([O-])c1ccc(O)c([N+](=O)[O-])c1.[Cu]. The van der Waals surface area contributed by atoms with Crippen molar-refractivity contribution in [2.45, 2.75) is 0 Å². The summed E-state index contributed by atoms with van der Waals surface area (Å²) in [6.07, 6.45) is 0.